The molecule has 128 valence electrons. The highest BCUT2D eigenvalue weighted by molar-refractivity contribution is 6.06. The minimum absolute atomic E-state index is 0.0960. The van der Waals surface area contributed by atoms with Gasteiger partial charge < -0.3 is 15.4 Å². The number of carbonyl (C=O) groups is 2. The number of nitrogens with zero attached hydrogens (tertiary/aromatic N) is 4. The minimum Gasteiger partial charge on any atom is -0.442 e. The van der Waals surface area contributed by atoms with E-state index in [-0.39, 0.29) is 11.6 Å². The molecule has 2 N–H and O–H groups in total. The molecular formula is C16H21N5O3. The SMILES string of the molecule is CN(C)/C=C/C(=O)c1cnc2c(N)nn(C(=O)OC(C)(C)C)c2c1. The zero-order valence-electron chi connectivity index (χ0n) is 14.4. The third kappa shape index (κ3) is 3.89. The normalized spacial score (nSPS) is 11.9. The van der Waals surface area contributed by atoms with Crippen molar-refractivity contribution in [1.29, 1.82) is 0 Å². The van der Waals surface area contributed by atoms with E-state index in [1.54, 1.807) is 31.9 Å². The van der Waals surface area contributed by atoms with E-state index < -0.39 is 11.7 Å². The van der Waals surface area contributed by atoms with Crippen LogP contribution in [0.15, 0.2) is 24.5 Å². The summed E-state index contributed by atoms with van der Waals surface area (Å²) < 4.78 is 6.32. The summed E-state index contributed by atoms with van der Waals surface area (Å²) in [5.74, 6) is -0.146. The lowest BCUT2D eigenvalue weighted by Gasteiger charge is -2.19. The van der Waals surface area contributed by atoms with Crippen LogP contribution in [0.4, 0.5) is 10.6 Å². The van der Waals surface area contributed by atoms with Gasteiger partial charge in [0, 0.05) is 38.1 Å². The van der Waals surface area contributed by atoms with Gasteiger partial charge in [-0.3, -0.25) is 4.79 Å². The summed E-state index contributed by atoms with van der Waals surface area (Å²) in [6, 6.07) is 1.53. The molecule has 2 heterocycles. The summed E-state index contributed by atoms with van der Waals surface area (Å²) >= 11 is 0. The van der Waals surface area contributed by atoms with Crippen LogP contribution in [0.25, 0.3) is 11.0 Å². The molecule has 8 heteroatoms. The van der Waals surface area contributed by atoms with Crippen LogP contribution in [0.2, 0.25) is 0 Å². The van der Waals surface area contributed by atoms with Gasteiger partial charge in [-0.2, -0.15) is 4.68 Å². The predicted octanol–water partition coefficient (Wildman–Crippen LogP) is 2.05. The van der Waals surface area contributed by atoms with Crippen LogP contribution in [0, 0.1) is 0 Å². The van der Waals surface area contributed by atoms with E-state index in [4.69, 9.17) is 10.5 Å². The van der Waals surface area contributed by atoms with E-state index in [0.717, 1.165) is 4.68 Å². The van der Waals surface area contributed by atoms with E-state index in [2.05, 4.69) is 10.1 Å². The molecule has 24 heavy (non-hydrogen) atoms. The zero-order chi connectivity index (χ0) is 18.1. The Labute approximate surface area is 139 Å². The summed E-state index contributed by atoms with van der Waals surface area (Å²) in [6.07, 6.45) is 3.77. The minimum atomic E-state index is -0.681. The van der Waals surface area contributed by atoms with Crippen LogP contribution >= 0.6 is 0 Å². The zero-order valence-corrected chi connectivity index (χ0v) is 14.4. The number of ketones is 1. The first-order valence-electron chi connectivity index (χ1n) is 7.35. The maximum atomic E-state index is 12.3. The number of nitrogen functional groups attached to an aromatic ring is 1. The summed E-state index contributed by atoms with van der Waals surface area (Å²) in [5.41, 5.74) is 6.11. The average Bonchev–Trinajstić information content (AvgIpc) is 2.80. The first-order chi connectivity index (χ1) is 11.1. The second-order valence-electron chi connectivity index (χ2n) is 6.51. The third-order valence-corrected chi connectivity index (χ3v) is 2.92. The van der Waals surface area contributed by atoms with E-state index >= 15 is 0 Å². The van der Waals surface area contributed by atoms with Gasteiger partial charge in [-0.15, -0.1) is 5.10 Å². The van der Waals surface area contributed by atoms with Crippen molar-refractivity contribution in [2.75, 3.05) is 19.8 Å². The number of allylic oxidation sites excluding steroid dienone is 1. The first kappa shape index (κ1) is 17.5. The molecule has 0 aliphatic rings. The third-order valence-electron chi connectivity index (χ3n) is 2.92. The van der Waals surface area contributed by atoms with Crippen LogP contribution in [-0.2, 0) is 4.74 Å². The van der Waals surface area contributed by atoms with E-state index in [9.17, 15) is 9.59 Å². The fourth-order valence-corrected chi connectivity index (χ4v) is 1.91. The lowest BCUT2D eigenvalue weighted by atomic mass is 10.1. The Morgan fingerprint density at radius 2 is 2.00 bits per heavy atom. The Morgan fingerprint density at radius 1 is 1.33 bits per heavy atom. The Balaban J connectivity index is 2.45. The Morgan fingerprint density at radius 3 is 2.58 bits per heavy atom. The quantitative estimate of drug-likeness (QED) is 0.678. The van der Waals surface area contributed by atoms with Crippen LogP contribution in [0.3, 0.4) is 0 Å². The Kier molecular flexibility index (Phi) is 4.59. The lowest BCUT2D eigenvalue weighted by molar-refractivity contribution is 0.0523. The van der Waals surface area contributed by atoms with Crippen molar-refractivity contribution < 1.29 is 14.3 Å². The Hall–Kier alpha value is -2.90. The molecule has 0 aliphatic heterocycles. The lowest BCUT2D eigenvalue weighted by Crippen LogP contribution is -2.27. The van der Waals surface area contributed by atoms with Crippen molar-refractivity contribution in [2.45, 2.75) is 26.4 Å². The van der Waals surface area contributed by atoms with Gasteiger partial charge in [0.05, 0.1) is 0 Å². The molecule has 0 bridgehead atoms. The number of carbonyl (C=O) groups excluding carboxylic acids is 2. The first-order valence-corrected chi connectivity index (χ1v) is 7.35. The molecule has 0 amide bonds. The standard InChI is InChI=1S/C16H21N5O3/c1-16(2,3)24-15(23)21-11-8-10(12(22)6-7-20(4)5)9-18-13(11)14(17)19-21/h6-9H,1-5H3,(H2,17,19)/b7-6+. The van der Waals surface area contributed by atoms with E-state index in [0.29, 0.717) is 16.6 Å². The van der Waals surface area contributed by atoms with E-state index in [1.165, 1.54) is 18.3 Å². The molecule has 2 aromatic heterocycles. The summed E-state index contributed by atoms with van der Waals surface area (Å²) in [5, 5.41) is 3.97. The van der Waals surface area contributed by atoms with Crippen molar-refractivity contribution in [3.63, 3.8) is 0 Å². The van der Waals surface area contributed by atoms with Gasteiger partial charge in [0.25, 0.3) is 0 Å². The number of nitrogens with two attached hydrogens (primary N) is 1. The van der Waals surface area contributed by atoms with Gasteiger partial charge in [0.1, 0.15) is 16.6 Å². The topological polar surface area (TPSA) is 103 Å². The Bertz CT molecular complexity index is 815. The number of fused-ring (bicyclic) bond motifs is 1. The molecule has 0 fully saturated rings. The maximum Gasteiger partial charge on any atom is 0.435 e. The van der Waals surface area contributed by atoms with Crippen LogP contribution in [0.1, 0.15) is 31.1 Å². The number of aromatic nitrogens is 3. The molecule has 0 atom stereocenters. The molecule has 0 aromatic carbocycles. The van der Waals surface area contributed by atoms with Gasteiger partial charge in [-0.05, 0) is 26.8 Å². The van der Waals surface area contributed by atoms with Crippen molar-refractivity contribution in [3.8, 4) is 0 Å². The van der Waals surface area contributed by atoms with E-state index in [1.807, 2.05) is 14.1 Å². The van der Waals surface area contributed by atoms with Crippen LogP contribution in [0.5, 0.6) is 0 Å². The number of ether oxygens (including phenoxy) is 1. The van der Waals surface area contributed by atoms with Gasteiger partial charge in [-0.1, -0.05) is 0 Å². The van der Waals surface area contributed by atoms with Gasteiger partial charge in [0.15, 0.2) is 11.6 Å². The van der Waals surface area contributed by atoms with Gasteiger partial charge in [-0.25, -0.2) is 9.78 Å². The highest BCUT2D eigenvalue weighted by Crippen LogP contribution is 2.21. The smallest absolute Gasteiger partial charge is 0.435 e. The van der Waals surface area contributed by atoms with Gasteiger partial charge >= 0.3 is 6.09 Å². The highest BCUT2D eigenvalue weighted by Gasteiger charge is 2.22. The molecule has 0 saturated carbocycles. The van der Waals surface area contributed by atoms with Crippen molar-refractivity contribution in [2.24, 2.45) is 0 Å². The van der Waals surface area contributed by atoms with Crippen LogP contribution in [-0.4, -0.2) is 51.2 Å². The second kappa shape index (κ2) is 6.31. The largest absolute Gasteiger partial charge is 0.442 e. The molecule has 0 radical (unpaired) electrons. The number of pyridine rings is 1. The maximum absolute atomic E-state index is 12.3. The molecule has 0 aliphatic carbocycles. The molecular weight excluding hydrogens is 310 g/mol. The predicted molar refractivity (Wildman–Crippen MR) is 90.7 cm³/mol. The number of hydrogen-bond acceptors (Lipinski definition) is 7. The highest BCUT2D eigenvalue weighted by atomic mass is 16.6. The van der Waals surface area contributed by atoms with Crippen LogP contribution < -0.4 is 5.73 Å². The van der Waals surface area contributed by atoms with Gasteiger partial charge in [0.2, 0.25) is 0 Å². The number of rotatable bonds is 3. The molecule has 2 aromatic rings. The summed E-state index contributed by atoms with van der Waals surface area (Å²) in [7, 11) is 3.62. The fraction of sp³-hybridized carbons (Fsp3) is 0.375. The van der Waals surface area contributed by atoms with Crippen molar-refractivity contribution >= 4 is 28.7 Å². The van der Waals surface area contributed by atoms with Crippen molar-refractivity contribution in [3.05, 3.63) is 30.1 Å². The molecule has 0 saturated heterocycles. The molecule has 0 spiro atoms. The number of anilines is 1. The van der Waals surface area contributed by atoms with Crippen molar-refractivity contribution in [1.82, 2.24) is 19.7 Å². The average molecular weight is 331 g/mol. The molecule has 2 rings (SSSR count). The fourth-order valence-electron chi connectivity index (χ4n) is 1.91. The molecule has 0 unspecified atom stereocenters. The monoisotopic (exact) mass is 331 g/mol. The number of hydrogen-bond donors (Lipinski definition) is 1. The molecule has 8 nitrogen and oxygen atoms in total. The summed E-state index contributed by atoms with van der Waals surface area (Å²) in [6.45, 7) is 5.25. The summed E-state index contributed by atoms with van der Waals surface area (Å²) in [4.78, 5) is 30.3. The second-order valence-corrected chi connectivity index (χ2v) is 6.51.